The standard InChI is InChI=1S/C21H20N8O3S/c22-33(31,32)17-8-6-15(7-9-17)25-21-24-12-18-19(26-21)29(28-27-18)16-3-1-2-13(10-16)11-23-20(30)14-4-5-14/h1-3,6-10,12,14H,4-5,11H2,(H,23,30)(H2,22,31,32)(H,24,25,26). The van der Waals surface area contributed by atoms with Crippen molar-refractivity contribution >= 4 is 38.7 Å². The van der Waals surface area contributed by atoms with E-state index < -0.39 is 10.0 Å². The van der Waals surface area contributed by atoms with Gasteiger partial charge in [0.05, 0.1) is 16.8 Å². The summed E-state index contributed by atoms with van der Waals surface area (Å²) in [4.78, 5) is 20.7. The number of fused-ring (bicyclic) bond motifs is 1. The number of nitrogens with two attached hydrogens (primary N) is 1. The van der Waals surface area contributed by atoms with Gasteiger partial charge in [-0.1, -0.05) is 17.3 Å². The molecular formula is C21H20N8O3S. The number of carbonyl (C=O) groups is 1. The molecule has 0 aliphatic heterocycles. The molecule has 0 saturated heterocycles. The van der Waals surface area contributed by atoms with Crippen molar-refractivity contribution in [3.05, 3.63) is 60.3 Å². The average molecular weight is 465 g/mol. The maximum absolute atomic E-state index is 11.9. The van der Waals surface area contributed by atoms with Crippen LogP contribution in [0.15, 0.2) is 59.6 Å². The predicted molar refractivity (Wildman–Crippen MR) is 120 cm³/mol. The summed E-state index contributed by atoms with van der Waals surface area (Å²) in [6.45, 7) is 0.437. The Kier molecular flexibility index (Phi) is 5.23. The largest absolute Gasteiger partial charge is 0.352 e. The molecule has 2 aromatic heterocycles. The van der Waals surface area contributed by atoms with E-state index in [-0.39, 0.29) is 16.7 Å². The quantitative estimate of drug-likeness (QED) is 0.372. The lowest BCUT2D eigenvalue weighted by molar-refractivity contribution is -0.122. The number of sulfonamides is 1. The van der Waals surface area contributed by atoms with Gasteiger partial charge in [0, 0.05) is 18.2 Å². The number of nitrogens with zero attached hydrogens (tertiary/aromatic N) is 5. The molecule has 12 heteroatoms. The smallest absolute Gasteiger partial charge is 0.238 e. The van der Waals surface area contributed by atoms with E-state index in [1.54, 1.807) is 23.0 Å². The van der Waals surface area contributed by atoms with Gasteiger partial charge in [-0.25, -0.2) is 18.5 Å². The van der Waals surface area contributed by atoms with Crippen molar-refractivity contribution in [2.24, 2.45) is 11.1 Å². The monoisotopic (exact) mass is 464 g/mol. The van der Waals surface area contributed by atoms with E-state index in [4.69, 9.17) is 5.14 Å². The molecule has 1 amide bonds. The SMILES string of the molecule is NS(=O)(=O)c1ccc(Nc2ncc3nnn(-c4cccc(CNC(=O)C5CC5)c4)c3n2)cc1. The number of benzene rings is 2. The lowest BCUT2D eigenvalue weighted by atomic mass is 10.2. The van der Waals surface area contributed by atoms with Crippen molar-refractivity contribution in [3.63, 3.8) is 0 Å². The molecule has 1 saturated carbocycles. The Hall–Kier alpha value is -3.90. The average Bonchev–Trinajstić information content (AvgIpc) is 3.57. The number of aromatic nitrogens is 5. The fraction of sp³-hybridized carbons (Fsp3) is 0.190. The Bertz CT molecular complexity index is 1450. The van der Waals surface area contributed by atoms with Gasteiger partial charge >= 0.3 is 0 Å². The van der Waals surface area contributed by atoms with Crippen LogP contribution in [0.3, 0.4) is 0 Å². The Morgan fingerprint density at radius 3 is 2.67 bits per heavy atom. The van der Waals surface area contributed by atoms with Crippen LogP contribution in [-0.2, 0) is 21.4 Å². The number of primary sulfonamides is 1. The van der Waals surface area contributed by atoms with Crippen LogP contribution in [0.5, 0.6) is 0 Å². The molecule has 4 aromatic rings. The summed E-state index contributed by atoms with van der Waals surface area (Å²) in [6, 6.07) is 13.6. The van der Waals surface area contributed by atoms with Crippen molar-refractivity contribution < 1.29 is 13.2 Å². The zero-order chi connectivity index (χ0) is 23.0. The Balaban J connectivity index is 1.38. The van der Waals surface area contributed by atoms with Gasteiger partial charge in [-0.05, 0) is 54.8 Å². The van der Waals surface area contributed by atoms with Gasteiger partial charge in [-0.2, -0.15) is 9.67 Å². The third kappa shape index (κ3) is 4.66. The highest BCUT2D eigenvalue weighted by Gasteiger charge is 2.29. The van der Waals surface area contributed by atoms with E-state index in [1.165, 1.54) is 12.1 Å². The third-order valence-electron chi connectivity index (χ3n) is 5.20. The summed E-state index contributed by atoms with van der Waals surface area (Å²) in [6.07, 6.45) is 3.47. The number of amides is 1. The summed E-state index contributed by atoms with van der Waals surface area (Å²) in [5.74, 6) is 0.542. The highest BCUT2D eigenvalue weighted by atomic mass is 32.2. The Morgan fingerprint density at radius 1 is 1.15 bits per heavy atom. The second kappa shape index (κ2) is 8.22. The van der Waals surface area contributed by atoms with E-state index in [0.717, 1.165) is 24.1 Å². The molecule has 0 radical (unpaired) electrons. The number of nitrogens with one attached hydrogen (secondary N) is 2. The molecule has 2 aromatic carbocycles. The summed E-state index contributed by atoms with van der Waals surface area (Å²) < 4.78 is 24.4. The van der Waals surface area contributed by atoms with Gasteiger partial charge in [0.2, 0.25) is 21.9 Å². The van der Waals surface area contributed by atoms with Crippen molar-refractivity contribution in [2.45, 2.75) is 24.3 Å². The highest BCUT2D eigenvalue weighted by Crippen LogP contribution is 2.28. The number of hydrogen-bond acceptors (Lipinski definition) is 8. The number of rotatable bonds is 7. The predicted octanol–water partition coefficient (Wildman–Crippen LogP) is 1.63. The Morgan fingerprint density at radius 2 is 1.94 bits per heavy atom. The van der Waals surface area contributed by atoms with E-state index >= 15 is 0 Å². The minimum atomic E-state index is -3.77. The van der Waals surface area contributed by atoms with E-state index in [1.807, 2.05) is 24.3 Å². The molecule has 0 bridgehead atoms. The Labute approximate surface area is 189 Å². The molecule has 5 rings (SSSR count). The van der Waals surface area contributed by atoms with Crippen LogP contribution in [0, 0.1) is 5.92 Å². The summed E-state index contributed by atoms with van der Waals surface area (Å²) in [5, 5.41) is 19.4. The fourth-order valence-corrected chi connectivity index (χ4v) is 3.81. The number of hydrogen-bond donors (Lipinski definition) is 3. The molecule has 1 aliphatic carbocycles. The van der Waals surface area contributed by atoms with Crippen molar-refractivity contribution in [2.75, 3.05) is 5.32 Å². The van der Waals surface area contributed by atoms with Crippen LogP contribution < -0.4 is 15.8 Å². The first kappa shape index (κ1) is 21.0. The molecule has 11 nitrogen and oxygen atoms in total. The minimum Gasteiger partial charge on any atom is -0.352 e. The molecule has 0 atom stereocenters. The summed E-state index contributed by atoms with van der Waals surface area (Å²) in [5.41, 5.74) is 3.28. The molecule has 33 heavy (non-hydrogen) atoms. The van der Waals surface area contributed by atoms with Crippen molar-refractivity contribution in [3.8, 4) is 5.69 Å². The van der Waals surface area contributed by atoms with Gasteiger partial charge in [0.25, 0.3) is 0 Å². The maximum atomic E-state index is 11.9. The first-order chi connectivity index (χ1) is 15.9. The summed E-state index contributed by atoms with van der Waals surface area (Å²) in [7, 11) is -3.77. The van der Waals surface area contributed by atoms with Crippen LogP contribution >= 0.6 is 0 Å². The topological polar surface area (TPSA) is 158 Å². The first-order valence-electron chi connectivity index (χ1n) is 10.2. The van der Waals surface area contributed by atoms with Gasteiger partial charge in [-0.3, -0.25) is 4.79 Å². The van der Waals surface area contributed by atoms with Gasteiger partial charge < -0.3 is 10.6 Å². The molecule has 168 valence electrons. The zero-order valence-electron chi connectivity index (χ0n) is 17.3. The fourth-order valence-electron chi connectivity index (χ4n) is 3.30. The molecule has 0 spiro atoms. The van der Waals surface area contributed by atoms with Gasteiger partial charge in [0.1, 0.15) is 0 Å². The third-order valence-corrected chi connectivity index (χ3v) is 6.13. The lowest BCUT2D eigenvalue weighted by Gasteiger charge is -2.08. The minimum absolute atomic E-state index is 0.0138. The van der Waals surface area contributed by atoms with Crippen LogP contribution in [0.25, 0.3) is 16.9 Å². The van der Waals surface area contributed by atoms with Crippen LogP contribution in [0.1, 0.15) is 18.4 Å². The highest BCUT2D eigenvalue weighted by molar-refractivity contribution is 7.89. The normalized spacial score (nSPS) is 13.7. The van der Waals surface area contributed by atoms with Crippen LogP contribution in [-0.4, -0.2) is 39.3 Å². The van der Waals surface area contributed by atoms with Gasteiger partial charge in [0.15, 0.2) is 11.2 Å². The molecule has 2 heterocycles. The second-order valence-electron chi connectivity index (χ2n) is 7.76. The molecule has 1 fully saturated rings. The van der Waals surface area contributed by atoms with Crippen molar-refractivity contribution in [1.82, 2.24) is 30.3 Å². The van der Waals surface area contributed by atoms with E-state index in [2.05, 4.69) is 30.9 Å². The van der Waals surface area contributed by atoms with E-state index in [9.17, 15) is 13.2 Å². The molecular weight excluding hydrogens is 444 g/mol. The number of anilines is 2. The maximum Gasteiger partial charge on any atom is 0.238 e. The zero-order valence-corrected chi connectivity index (χ0v) is 18.2. The van der Waals surface area contributed by atoms with Crippen LogP contribution in [0.2, 0.25) is 0 Å². The molecule has 4 N–H and O–H groups in total. The van der Waals surface area contributed by atoms with Gasteiger partial charge in [-0.15, -0.1) is 5.10 Å². The lowest BCUT2D eigenvalue weighted by Crippen LogP contribution is -2.24. The molecule has 1 aliphatic rings. The van der Waals surface area contributed by atoms with E-state index in [0.29, 0.717) is 29.3 Å². The number of carbonyl (C=O) groups excluding carboxylic acids is 1. The summed E-state index contributed by atoms with van der Waals surface area (Å²) >= 11 is 0. The van der Waals surface area contributed by atoms with Crippen LogP contribution in [0.4, 0.5) is 11.6 Å². The molecule has 0 unspecified atom stereocenters. The van der Waals surface area contributed by atoms with Crippen molar-refractivity contribution in [1.29, 1.82) is 0 Å². The first-order valence-corrected chi connectivity index (χ1v) is 11.8. The second-order valence-corrected chi connectivity index (χ2v) is 9.32.